The van der Waals surface area contributed by atoms with Crippen molar-refractivity contribution in [2.45, 2.75) is 13.8 Å². The van der Waals surface area contributed by atoms with E-state index in [-0.39, 0.29) is 0 Å². The molecular formula is C11H14N2S. The molecule has 0 aliphatic carbocycles. The average molecular weight is 206 g/mol. The SMILES string of the molecule is C/C=C\C=C(/C)N=C(N)c1cccs1. The van der Waals surface area contributed by atoms with Crippen molar-refractivity contribution in [2.24, 2.45) is 10.7 Å². The Kier molecular flexibility index (Phi) is 4.13. The third kappa shape index (κ3) is 3.18. The molecule has 14 heavy (non-hydrogen) atoms. The first kappa shape index (κ1) is 10.7. The zero-order valence-corrected chi connectivity index (χ0v) is 9.21. The summed E-state index contributed by atoms with van der Waals surface area (Å²) < 4.78 is 0. The quantitative estimate of drug-likeness (QED) is 0.461. The van der Waals surface area contributed by atoms with Gasteiger partial charge in [0.1, 0.15) is 5.84 Å². The van der Waals surface area contributed by atoms with Crippen LogP contribution >= 0.6 is 11.3 Å². The van der Waals surface area contributed by atoms with Gasteiger partial charge in [0.05, 0.1) is 4.88 Å². The van der Waals surface area contributed by atoms with Gasteiger partial charge in [-0.15, -0.1) is 11.3 Å². The summed E-state index contributed by atoms with van der Waals surface area (Å²) in [6.45, 7) is 3.90. The lowest BCUT2D eigenvalue weighted by Crippen LogP contribution is -2.11. The fourth-order valence-corrected chi connectivity index (χ4v) is 1.57. The molecule has 0 aliphatic rings. The summed E-state index contributed by atoms with van der Waals surface area (Å²) in [5.74, 6) is 0.582. The number of allylic oxidation sites excluding steroid dienone is 4. The van der Waals surface area contributed by atoms with E-state index in [2.05, 4.69) is 4.99 Å². The number of nitrogens with zero attached hydrogens (tertiary/aromatic N) is 1. The van der Waals surface area contributed by atoms with Crippen LogP contribution in [-0.4, -0.2) is 5.84 Å². The lowest BCUT2D eigenvalue weighted by Gasteiger charge is -1.95. The number of hydrogen-bond donors (Lipinski definition) is 1. The van der Waals surface area contributed by atoms with Crippen molar-refractivity contribution in [3.05, 3.63) is 46.3 Å². The van der Waals surface area contributed by atoms with E-state index in [0.717, 1.165) is 10.6 Å². The fraction of sp³-hybridized carbons (Fsp3) is 0.182. The van der Waals surface area contributed by atoms with Gasteiger partial charge in [-0.1, -0.05) is 18.2 Å². The van der Waals surface area contributed by atoms with Crippen LogP contribution in [-0.2, 0) is 0 Å². The van der Waals surface area contributed by atoms with Crippen LogP contribution in [0.4, 0.5) is 0 Å². The highest BCUT2D eigenvalue weighted by molar-refractivity contribution is 7.12. The van der Waals surface area contributed by atoms with Gasteiger partial charge in [-0.05, 0) is 31.4 Å². The van der Waals surface area contributed by atoms with Gasteiger partial charge in [-0.25, -0.2) is 4.99 Å². The second-order valence-corrected chi connectivity index (χ2v) is 3.76. The van der Waals surface area contributed by atoms with Crippen LogP contribution in [0.1, 0.15) is 18.7 Å². The molecular weight excluding hydrogens is 192 g/mol. The Labute approximate surface area is 88.5 Å². The van der Waals surface area contributed by atoms with Crippen LogP contribution in [0.2, 0.25) is 0 Å². The minimum absolute atomic E-state index is 0.582. The Hall–Kier alpha value is -1.35. The minimum Gasteiger partial charge on any atom is -0.383 e. The third-order valence-electron chi connectivity index (χ3n) is 1.60. The predicted octanol–water partition coefficient (Wildman–Crippen LogP) is 2.93. The minimum atomic E-state index is 0.582. The molecule has 1 rings (SSSR count). The number of hydrogen-bond acceptors (Lipinski definition) is 2. The topological polar surface area (TPSA) is 38.4 Å². The Bertz CT molecular complexity index is 359. The Morgan fingerprint density at radius 2 is 2.36 bits per heavy atom. The standard InChI is InChI=1S/C11H14N2S/c1-3-4-6-9(2)13-11(12)10-7-5-8-14-10/h3-8H,1-2H3,(H2,12,13)/b4-3-,9-6+. The lowest BCUT2D eigenvalue weighted by molar-refractivity contribution is 1.29. The van der Waals surface area contributed by atoms with Crippen molar-refractivity contribution in [1.82, 2.24) is 0 Å². The van der Waals surface area contributed by atoms with Gasteiger partial charge >= 0.3 is 0 Å². The summed E-state index contributed by atoms with van der Waals surface area (Å²) in [5, 5.41) is 1.99. The van der Waals surface area contributed by atoms with E-state index < -0.39 is 0 Å². The van der Waals surface area contributed by atoms with E-state index in [1.807, 2.05) is 49.6 Å². The predicted molar refractivity (Wildman–Crippen MR) is 63.6 cm³/mol. The molecule has 74 valence electrons. The highest BCUT2D eigenvalue weighted by Crippen LogP contribution is 2.09. The number of aliphatic imine (C=N–C) groups is 1. The zero-order chi connectivity index (χ0) is 10.4. The number of rotatable bonds is 3. The number of amidine groups is 1. The maximum absolute atomic E-state index is 5.81. The molecule has 0 amide bonds. The molecule has 2 nitrogen and oxygen atoms in total. The van der Waals surface area contributed by atoms with Crippen molar-refractivity contribution in [3.8, 4) is 0 Å². The van der Waals surface area contributed by atoms with Crippen molar-refractivity contribution in [3.63, 3.8) is 0 Å². The number of thiophene rings is 1. The van der Waals surface area contributed by atoms with Gasteiger partial charge in [0.15, 0.2) is 0 Å². The first-order valence-electron chi connectivity index (χ1n) is 4.41. The van der Waals surface area contributed by atoms with Crippen molar-refractivity contribution in [2.75, 3.05) is 0 Å². The third-order valence-corrected chi connectivity index (χ3v) is 2.49. The van der Waals surface area contributed by atoms with Crippen LogP contribution in [0, 0.1) is 0 Å². The molecule has 1 aromatic heterocycles. The van der Waals surface area contributed by atoms with E-state index in [0.29, 0.717) is 5.84 Å². The van der Waals surface area contributed by atoms with Crippen LogP contribution in [0.5, 0.6) is 0 Å². The molecule has 1 aromatic rings. The molecule has 0 spiro atoms. The molecule has 0 bridgehead atoms. The second-order valence-electron chi connectivity index (χ2n) is 2.81. The summed E-state index contributed by atoms with van der Waals surface area (Å²) >= 11 is 1.60. The van der Waals surface area contributed by atoms with Crippen LogP contribution in [0.3, 0.4) is 0 Å². The summed E-state index contributed by atoms with van der Waals surface area (Å²) in [5.41, 5.74) is 6.72. The molecule has 3 heteroatoms. The van der Waals surface area contributed by atoms with Gasteiger partial charge in [0, 0.05) is 5.70 Å². The number of nitrogens with two attached hydrogens (primary N) is 1. The molecule has 0 atom stereocenters. The highest BCUT2D eigenvalue weighted by Gasteiger charge is 1.97. The van der Waals surface area contributed by atoms with Crippen molar-refractivity contribution < 1.29 is 0 Å². The van der Waals surface area contributed by atoms with Crippen LogP contribution < -0.4 is 5.73 Å². The zero-order valence-electron chi connectivity index (χ0n) is 8.40. The summed E-state index contributed by atoms with van der Waals surface area (Å²) in [4.78, 5) is 5.28. The Balaban J connectivity index is 2.78. The van der Waals surface area contributed by atoms with Gasteiger partial charge in [0.2, 0.25) is 0 Å². The van der Waals surface area contributed by atoms with Crippen LogP contribution in [0.25, 0.3) is 0 Å². The molecule has 0 unspecified atom stereocenters. The summed E-state index contributed by atoms with van der Waals surface area (Å²) in [6.07, 6.45) is 5.83. The lowest BCUT2D eigenvalue weighted by atomic mass is 10.4. The Morgan fingerprint density at radius 1 is 1.57 bits per heavy atom. The first-order valence-corrected chi connectivity index (χ1v) is 5.29. The molecule has 2 N–H and O–H groups in total. The van der Waals surface area contributed by atoms with E-state index in [4.69, 9.17) is 5.73 Å². The molecule has 0 aromatic carbocycles. The van der Waals surface area contributed by atoms with Crippen molar-refractivity contribution in [1.29, 1.82) is 0 Å². The molecule has 0 fully saturated rings. The van der Waals surface area contributed by atoms with Gasteiger partial charge in [-0.3, -0.25) is 0 Å². The smallest absolute Gasteiger partial charge is 0.141 e. The van der Waals surface area contributed by atoms with E-state index in [1.165, 1.54) is 0 Å². The molecule has 0 radical (unpaired) electrons. The average Bonchev–Trinajstić information content (AvgIpc) is 2.67. The Morgan fingerprint density at radius 3 is 2.93 bits per heavy atom. The maximum atomic E-state index is 5.81. The van der Waals surface area contributed by atoms with Gasteiger partial charge in [0.25, 0.3) is 0 Å². The molecule has 0 saturated carbocycles. The summed E-state index contributed by atoms with van der Waals surface area (Å²) in [6, 6.07) is 3.93. The normalized spacial score (nSPS) is 13.9. The summed E-state index contributed by atoms with van der Waals surface area (Å²) in [7, 11) is 0. The van der Waals surface area contributed by atoms with Gasteiger partial charge < -0.3 is 5.73 Å². The maximum Gasteiger partial charge on any atom is 0.141 e. The first-order chi connectivity index (χ1) is 6.74. The second kappa shape index (κ2) is 5.40. The van der Waals surface area contributed by atoms with Crippen molar-refractivity contribution >= 4 is 17.2 Å². The van der Waals surface area contributed by atoms with E-state index >= 15 is 0 Å². The molecule has 0 saturated heterocycles. The van der Waals surface area contributed by atoms with E-state index in [1.54, 1.807) is 11.3 Å². The van der Waals surface area contributed by atoms with Crippen LogP contribution in [0.15, 0.2) is 46.4 Å². The molecule has 0 aliphatic heterocycles. The van der Waals surface area contributed by atoms with E-state index in [9.17, 15) is 0 Å². The highest BCUT2D eigenvalue weighted by atomic mass is 32.1. The molecule has 1 heterocycles. The largest absolute Gasteiger partial charge is 0.383 e. The monoisotopic (exact) mass is 206 g/mol. The fourth-order valence-electron chi connectivity index (χ4n) is 0.942. The van der Waals surface area contributed by atoms with Gasteiger partial charge in [-0.2, -0.15) is 0 Å².